The summed E-state index contributed by atoms with van der Waals surface area (Å²) in [5.74, 6) is 0.915. The second kappa shape index (κ2) is 11.3. The molecule has 2 aromatic rings. The number of thioether (sulfide) groups is 1. The zero-order chi connectivity index (χ0) is 23.2. The first-order valence-corrected chi connectivity index (χ1v) is 13.7. The highest BCUT2D eigenvalue weighted by Crippen LogP contribution is 2.39. The van der Waals surface area contributed by atoms with Gasteiger partial charge in [-0.15, -0.1) is 0 Å². The topological polar surface area (TPSA) is 41.9 Å². The van der Waals surface area contributed by atoms with Crippen molar-refractivity contribution in [3.8, 4) is 5.75 Å². The van der Waals surface area contributed by atoms with Crippen molar-refractivity contribution in [3.05, 3.63) is 70.6 Å². The summed E-state index contributed by atoms with van der Waals surface area (Å²) in [4.78, 5) is 21.6. The first kappa shape index (κ1) is 23.2. The summed E-state index contributed by atoms with van der Waals surface area (Å²) in [5, 5.41) is 0.928. The van der Waals surface area contributed by atoms with Gasteiger partial charge in [0, 0.05) is 11.6 Å². The number of benzene rings is 2. The van der Waals surface area contributed by atoms with Gasteiger partial charge in [0.15, 0.2) is 5.17 Å². The molecule has 2 aliphatic carbocycles. The Kier molecular flexibility index (Phi) is 7.69. The van der Waals surface area contributed by atoms with E-state index in [9.17, 15) is 4.79 Å². The molecule has 1 saturated heterocycles. The Labute approximate surface area is 207 Å². The minimum atomic E-state index is 0.115. The van der Waals surface area contributed by atoms with Gasteiger partial charge in [-0.25, -0.2) is 0 Å². The Morgan fingerprint density at radius 2 is 1.56 bits per heavy atom. The third kappa shape index (κ3) is 5.57. The number of amides is 1. The van der Waals surface area contributed by atoms with Crippen LogP contribution in [0.15, 0.2) is 64.5 Å². The molecule has 5 heteroatoms. The van der Waals surface area contributed by atoms with Crippen LogP contribution in [-0.2, 0) is 11.4 Å². The van der Waals surface area contributed by atoms with Crippen LogP contribution in [0.2, 0.25) is 0 Å². The highest BCUT2D eigenvalue weighted by Gasteiger charge is 2.39. The number of para-hydroxylation sites is 1. The molecule has 0 aromatic heterocycles. The molecular weight excluding hydrogens is 440 g/mol. The summed E-state index contributed by atoms with van der Waals surface area (Å²) in [6.07, 6.45) is 13.9. The Bertz CT molecular complexity index is 1040. The molecule has 3 aliphatic rings. The lowest BCUT2D eigenvalue weighted by Gasteiger charge is -2.31. The van der Waals surface area contributed by atoms with Gasteiger partial charge in [0.25, 0.3) is 5.91 Å². The van der Waals surface area contributed by atoms with Crippen LogP contribution in [0.4, 0.5) is 0 Å². The lowest BCUT2D eigenvalue weighted by molar-refractivity contribution is -0.124. The highest BCUT2D eigenvalue weighted by atomic mass is 32.2. The van der Waals surface area contributed by atoms with Crippen molar-refractivity contribution >= 4 is 28.9 Å². The molecule has 0 spiro atoms. The predicted molar refractivity (Wildman–Crippen MR) is 141 cm³/mol. The average Bonchev–Trinajstić information content (AvgIpc) is 3.19. The zero-order valence-corrected chi connectivity index (χ0v) is 20.6. The number of rotatable bonds is 6. The summed E-state index contributed by atoms with van der Waals surface area (Å²) in [5.41, 5.74) is 2.07. The summed E-state index contributed by atoms with van der Waals surface area (Å²) < 4.78 is 6.15. The largest absolute Gasteiger partial charge is 0.488 e. The van der Waals surface area contributed by atoms with E-state index in [0.717, 1.165) is 52.6 Å². The number of amidine groups is 1. The van der Waals surface area contributed by atoms with Crippen LogP contribution in [0.1, 0.15) is 75.3 Å². The maximum atomic E-state index is 13.7. The van der Waals surface area contributed by atoms with Crippen LogP contribution in [0.5, 0.6) is 5.75 Å². The van der Waals surface area contributed by atoms with Crippen LogP contribution < -0.4 is 4.74 Å². The van der Waals surface area contributed by atoms with Gasteiger partial charge >= 0.3 is 0 Å². The van der Waals surface area contributed by atoms with Gasteiger partial charge in [-0.3, -0.25) is 14.7 Å². The second-order valence-electron chi connectivity index (χ2n) is 9.59. The SMILES string of the molecule is O=C1C(=Cc2ccccc2OCc2ccccc2)SC(=NC2CCCCC2)N1C1CCCCC1. The van der Waals surface area contributed by atoms with Crippen LogP contribution >= 0.6 is 11.8 Å². The number of carbonyl (C=O) groups excluding carboxylic acids is 1. The summed E-state index contributed by atoms with van der Waals surface area (Å²) in [6.45, 7) is 0.505. The van der Waals surface area contributed by atoms with Crippen molar-refractivity contribution in [1.29, 1.82) is 0 Å². The maximum absolute atomic E-state index is 13.7. The van der Waals surface area contributed by atoms with Crippen molar-refractivity contribution in [2.45, 2.75) is 82.9 Å². The Morgan fingerprint density at radius 3 is 2.32 bits per heavy atom. The van der Waals surface area contributed by atoms with Crippen LogP contribution in [-0.4, -0.2) is 28.1 Å². The van der Waals surface area contributed by atoms with Crippen LogP contribution in [0, 0.1) is 0 Å². The Balaban J connectivity index is 1.40. The molecule has 2 aromatic carbocycles. The van der Waals surface area contributed by atoms with Crippen LogP contribution in [0.3, 0.4) is 0 Å². The fraction of sp³-hybridized carbons (Fsp3) is 0.448. The van der Waals surface area contributed by atoms with E-state index in [-0.39, 0.29) is 11.9 Å². The average molecular weight is 475 g/mol. The molecule has 0 atom stereocenters. The smallest absolute Gasteiger partial charge is 0.267 e. The number of hydrogen-bond acceptors (Lipinski definition) is 4. The van der Waals surface area contributed by atoms with Gasteiger partial charge in [0.2, 0.25) is 0 Å². The number of nitrogens with zero attached hydrogens (tertiary/aromatic N) is 2. The van der Waals surface area contributed by atoms with Crippen molar-refractivity contribution in [1.82, 2.24) is 4.90 Å². The van der Waals surface area contributed by atoms with Gasteiger partial charge in [0.1, 0.15) is 12.4 Å². The summed E-state index contributed by atoms with van der Waals surface area (Å²) >= 11 is 1.56. The molecule has 3 fully saturated rings. The minimum Gasteiger partial charge on any atom is -0.488 e. The molecule has 2 saturated carbocycles. The molecule has 1 amide bonds. The van der Waals surface area contributed by atoms with E-state index in [2.05, 4.69) is 12.1 Å². The number of carbonyl (C=O) groups is 1. The second-order valence-corrected chi connectivity index (χ2v) is 10.6. The van der Waals surface area contributed by atoms with Gasteiger partial charge in [-0.1, -0.05) is 87.1 Å². The number of hydrogen-bond donors (Lipinski definition) is 0. The standard InChI is InChI=1S/C29H34N2O2S/c32-28-27(20-23-14-10-11-19-26(23)33-21-22-12-4-1-5-13-22)34-29(30-24-15-6-2-7-16-24)31(28)25-17-8-3-9-18-25/h1,4-5,10-14,19-20,24-25H,2-3,6-9,15-18,21H2. The van der Waals surface area contributed by atoms with Gasteiger partial charge < -0.3 is 4.74 Å². The Hall–Kier alpha value is -2.53. The fourth-order valence-corrected chi connectivity index (χ4v) is 6.31. The third-order valence-corrected chi connectivity index (χ3v) is 8.08. The van der Waals surface area contributed by atoms with Crippen LogP contribution in [0.25, 0.3) is 6.08 Å². The minimum absolute atomic E-state index is 0.115. The molecule has 34 heavy (non-hydrogen) atoms. The monoisotopic (exact) mass is 474 g/mol. The van der Waals surface area contributed by atoms with E-state index < -0.39 is 0 Å². The molecule has 0 N–H and O–H groups in total. The molecule has 0 bridgehead atoms. The van der Waals surface area contributed by atoms with E-state index in [1.807, 2.05) is 53.4 Å². The molecule has 1 heterocycles. The maximum Gasteiger partial charge on any atom is 0.267 e. The summed E-state index contributed by atoms with van der Waals surface area (Å²) in [7, 11) is 0. The molecule has 0 unspecified atom stereocenters. The molecule has 0 radical (unpaired) electrons. The van der Waals surface area contributed by atoms with Crippen molar-refractivity contribution in [2.24, 2.45) is 4.99 Å². The lowest BCUT2D eigenvalue weighted by Crippen LogP contribution is -2.41. The van der Waals surface area contributed by atoms with Crippen molar-refractivity contribution in [3.63, 3.8) is 0 Å². The van der Waals surface area contributed by atoms with E-state index in [0.29, 0.717) is 12.6 Å². The first-order chi connectivity index (χ1) is 16.8. The fourth-order valence-electron chi connectivity index (χ4n) is 5.21. The molecule has 4 nitrogen and oxygen atoms in total. The number of ether oxygens (including phenoxy) is 1. The lowest BCUT2D eigenvalue weighted by atomic mass is 9.94. The molecule has 1 aliphatic heterocycles. The van der Waals surface area contributed by atoms with Crippen molar-refractivity contribution in [2.75, 3.05) is 0 Å². The van der Waals surface area contributed by atoms with E-state index >= 15 is 0 Å². The molecule has 178 valence electrons. The summed E-state index contributed by atoms with van der Waals surface area (Å²) in [6, 6.07) is 18.8. The van der Waals surface area contributed by atoms with Crippen molar-refractivity contribution < 1.29 is 9.53 Å². The highest BCUT2D eigenvalue weighted by molar-refractivity contribution is 8.18. The number of aliphatic imine (C=N–C) groups is 1. The van der Waals surface area contributed by atoms with Gasteiger partial charge in [0.05, 0.1) is 10.9 Å². The first-order valence-electron chi connectivity index (χ1n) is 12.8. The Morgan fingerprint density at radius 1 is 0.882 bits per heavy atom. The molecule has 5 rings (SSSR count). The zero-order valence-electron chi connectivity index (χ0n) is 19.8. The normalized spacial score (nSPS) is 22.6. The van der Waals surface area contributed by atoms with E-state index in [4.69, 9.17) is 9.73 Å². The molecular formula is C29H34N2O2S. The van der Waals surface area contributed by atoms with E-state index in [1.54, 1.807) is 11.8 Å². The van der Waals surface area contributed by atoms with Gasteiger partial charge in [-0.05, 0) is 55.2 Å². The predicted octanol–water partition coefficient (Wildman–Crippen LogP) is 7.20. The van der Waals surface area contributed by atoms with Gasteiger partial charge in [-0.2, -0.15) is 0 Å². The third-order valence-electron chi connectivity index (χ3n) is 7.09. The van der Waals surface area contributed by atoms with E-state index in [1.165, 1.54) is 38.5 Å². The quantitative estimate of drug-likeness (QED) is 0.416.